The van der Waals surface area contributed by atoms with Crippen molar-refractivity contribution in [1.29, 1.82) is 5.41 Å². The average molecular weight is 357 g/mol. The van der Waals surface area contributed by atoms with E-state index in [-0.39, 0.29) is 11.1 Å². The first-order valence-electron chi connectivity index (χ1n) is 7.20. The van der Waals surface area contributed by atoms with E-state index in [1.54, 1.807) is 23.8 Å². The number of amides is 1. The Morgan fingerprint density at radius 2 is 2.25 bits per heavy atom. The molecule has 3 rings (SSSR count). The monoisotopic (exact) mass is 357 g/mol. The highest BCUT2D eigenvalue weighted by atomic mass is 32.2. The van der Waals surface area contributed by atoms with Gasteiger partial charge in [-0.1, -0.05) is 18.2 Å². The summed E-state index contributed by atoms with van der Waals surface area (Å²) in [7, 11) is 0. The molecule has 0 aromatic carbocycles. The largest absolute Gasteiger partial charge is 0.278 e. The van der Waals surface area contributed by atoms with Crippen molar-refractivity contribution in [1.82, 2.24) is 15.2 Å². The van der Waals surface area contributed by atoms with Crippen LogP contribution >= 0.6 is 23.1 Å². The van der Waals surface area contributed by atoms with Gasteiger partial charge in [-0.15, -0.1) is 11.3 Å². The maximum atomic E-state index is 12.6. The van der Waals surface area contributed by atoms with Gasteiger partial charge in [-0.3, -0.25) is 15.3 Å². The molecule has 0 bridgehead atoms. The standard InChI is InChI=1S/C16H15N5OS2/c1-3-5-10(4-2)13-11(9-19-20-13)8-12-14(22)21(15(17)24-12)16-18-6-7-23-16/h3-9,17H,1-2H3,(H,19,20)/b5-3-,10-4+,12-8-,17-15?. The predicted octanol–water partition coefficient (Wildman–Crippen LogP) is 3.90. The summed E-state index contributed by atoms with van der Waals surface area (Å²) in [5.41, 5.74) is 2.64. The van der Waals surface area contributed by atoms with Crippen LogP contribution in [0.1, 0.15) is 25.1 Å². The molecule has 1 aliphatic rings. The van der Waals surface area contributed by atoms with Crippen molar-refractivity contribution in [2.75, 3.05) is 4.90 Å². The van der Waals surface area contributed by atoms with Crippen LogP contribution in [0.2, 0.25) is 0 Å². The summed E-state index contributed by atoms with van der Waals surface area (Å²) in [5.74, 6) is -0.236. The first-order valence-corrected chi connectivity index (χ1v) is 8.90. The number of hydrogen-bond acceptors (Lipinski definition) is 6. The van der Waals surface area contributed by atoms with Crippen molar-refractivity contribution < 1.29 is 4.79 Å². The minimum absolute atomic E-state index is 0.158. The summed E-state index contributed by atoms with van der Waals surface area (Å²) in [6.07, 6.45) is 11.0. The van der Waals surface area contributed by atoms with Gasteiger partial charge >= 0.3 is 0 Å². The molecule has 1 fully saturated rings. The van der Waals surface area contributed by atoms with Crippen molar-refractivity contribution in [2.24, 2.45) is 0 Å². The highest BCUT2D eigenvalue weighted by Crippen LogP contribution is 2.36. The van der Waals surface area contributed by atoms with Crippen LogP contribution < -0.4 is 4.90 Å². The number of carbonyl (C=O) groups excluding carboxylic acids is 1. The summed E-state index contributed by atoms with van der Waals surface area (Å²) in [6.45, 7) is 3.89. The van der Waals surface area contributed by atoms with Crippen LogP contribution in [0.4, 0.5) is 5.13 Å². The van der Waals surface area contributed by atoms with Crippen LogP contribution in [0.3, 0.4) is 0 Å². The summed E-state index contributed by atoms with van der Waals surface area (Å²) >= 11 is 2.46. The van der Waals surface area contributed by atoms with Crippen LogP contribution in [-0.2, 0) is 4.79 Å². The van der Waals surface area contributed by atoms with Gasteiger partial charge in [0.15, 0.2) is 10.3 Å². The van der Waals surface area contributed by atoms with Gasteiger partial charge in [0.05, 0.1) is 16.8 Å². The number of anilines is 1. The van der Waals surface area contributed by atoms with E-state index in [4.69, 9.17) is 5.41 Å². The second-order valence-electron chi connectivity index (χ2n) is 4.82. The second kappa shape index (κ2) is 6.98. The topological polar surface area (TPSA) is 85.7 Å². The van der Waals surface area contributed by atoms with Gasteiger partial charge in [-0.05, 0) is 37.3 Å². The van der Waals surface area contributed by atoms with Gasteiger partial charge in [0.1, 0.15) is 0 Å². The third-order valence-electron chi connectivity index (χ3n) is 3.34. The Kier molecular flexibility index (Phi) is 4.77. The maximum absolute atomic E-state index is 12.6. The fourth-order valence-corrected chi connectivity index (χ4v) is 3.80. The van der Waals surface area contributed by atoms with Crippen molar-refractivity contribution in [2.45, 2.75) is 13.8 Å². The Morgan fingerprint density at radius 1 is 1.42 bits per heavy atom. The average Bonchev–Trinajstić information content (AvgIpc) is 3.28. The minimum Gasteiger partial charge on any atom is -0.278 e. The number of carbonyl (C=O) groups is 1. The van der Waals surface area contributed by atoms with E-state index in [9.17, 15) is 4.79 Å². The number of allylic oxidation sites excluding steroid dienone is 4. The van der Waals surface area contributed by atoms with Crippen LogP contribution in [0.15, 0.2) is 40.9 Å². The van der Waals surface area contributed by atoms with Crippen molar-refractivity contribution in [3.05, 3.63) is 52.2 Å². The Bertz CT molecular complexity index is 861. The van der Waals surface area contributed by atoms with E-state index in [1.165, 1.54) is 16.2 Å². The molecular weight excluding hydrogens is 342 g/mol. The fourth-order valence-electron chi connectivity index (χ4n) is 2.27. The van der Waals surface area contributed by atoms with Gasteiger partial charge in [0.25, 0.3) is 5.91 Å². The van der Waals surface area contributed by atoms with Crippen LogP contribution in [0, 0.1) is 5.41 Å². The van der Waals surface area contributed by atoms with Gasteiger partial charge in [0, 0.05) is 17.1 Å². The van der Waals surface area contributed by atoms with E-state index in [0.29, 0.717) is 10.0 Å². The van der Waals surface area contributed by atoms with Crippen molar-refractivity contribution in [3.63, 3.8) is 0 Å². The number of nitrogens with zero attached hydrogens (tertiary/aromatic N) is 3. The van der Waals surface area contributed by atoms with E-state index in [0.717, 1.165) is 28.6 Å². The number of H-pyrrole nitrogens is 1. The number of aromatic nitrogens is 3. The first kappa shape index (κ1) is 16.4. The summed E-state index contributed by atoms with van der Waals surface area (Å²) in [6, 6.07) is 0. The van der Waals surface area contributed by atoms with Gasteiger partial charge in [-0.25, -0.2) is 9.88 Å². The van der Waals surface area contributed by atoms with Crippen molar-refractivity contribution >= 4 is 51.0 Å². The first-order chi connectivity index (χ1) is 11.7. The molecule has 8 heteroatoms. The normalized spacial score (nSPS) is 17.7. The van der Waals surface area contributed by atoms with E-state index in [2.05, 4.69) is 15.2 Å². The van der Waals surface area contributed by atoms with Crippen LogP contribution in [0.25, 0.3) is 11.6 Å². The molecule has 0 saturated carbocycles. The lowest BCUT2D eigenvalue weighted by Crippen LogP contribution is -2.27. The highest BCUT2D eigenvalue weighted by Gasteiger charge is 2.35. The third-order valence-corrected chi connectivity index (χ3v) is 4.98. The molecule has 2 aromatic rings. The van der Waals surface area contributed by atoms with E-state index >= 15 is 0 Å². The molecule has 0 unspecified atom stereocenters. The number of hydrogen-bond donors (Lipinski definition) is 2. The van der Waals surface area contributed by atoms with Gasteiger partial charge in [-0.2, -0.15) is 5.10 Å². The predicted molar refractivity (Wildman–Crippen MR) is 99.9 cm³/mol. The Hall–Kier alpha value is -2.45. The Morgan fingerprint density at radius 3 is 2.92 bits per heavy atom. The van der Waals surface area contributed by atoms with Gasteiger partial charge < -0.3 is 0 Å². The van der Waals surface area contributed by atoms with Crippen LogP contribution in [-0.4, -0.2) is 26.3 Å². The number of thioether (sulfide) groups is 1. The number of amidine groups is 1. The molecule has 2 aromatic heterocycles. The lowest BCUT2D eigenvalue weighted by atomic mass is 10.1. The zero-order valence-corrected chi connectivity index (χ0v) is 14.7. The molecule has 6 nitrogen and oxygen atoms in total. The van der Waals surface area contributed by atoms with Crippen LogP contribution in [0.5, 0.6) is 0 Å². The summed E-state index contributed by atoms with van der Waals surface area (Å²) in [4.78, 5) is 18.5. The molecule has 1 amide bonds. The third kappa shape index (κ3) is 2.98. The zero-order valence-electron chi connectivity index (χ0n) is 13.1. The fraction of sp³-hybridized carbons (Fsp3) is 0.125. The summed E-state index contributed by atoms with van der Waals surface area (Å²) in [5, 5.41) is 17.6. The molecular formula is C16H15N5OS2. The van der Waals surface area contributed by atoms with Crippen molar-refractivity contribution in [3.8, 4) is 0 Å². The Labute approximate surface area is 147 Å². The molecule has 122 valence electrons. The molecule has 0 spiro atoms. The molecule has 3 heterocycles. The van der Waals surface area contributed by atoms with E-state index < -0.39 is 0 Å². The Balaban J connectivity index is 1.95. The number of aromatic amines is 1. The molecule has 1 aliphatic heterocycles. The lowest BCUT2D eigenvalue weighted by Gasteiger charge is -2.08. The molecule has 2 N–H and O–H groups in total. The SMILES string of the molecule is C/C=C\C(=C/C)c1[nH]ncc1/C=C1\SC(=N)N(c2nccs2)C1=O. The summed E-state index contributed by atoms with van der Waals surface area (Å²) < 4.78 is 0. The number of rotatable bonds is 4. The smallest absolute Gasteiger partial charge is 0.273 e. The molecule has 0 radical (unpaired) electrons. The minimum atomic E-state index is -0.236. The highest BCUT2D eigenvalue weighted by molar-refractivity contribution is 8.19. The number of nitrogens with one attached hydrogen (secondary N) is 2. The molecule has 24 heavy (non-hydrogen) atoms. The van der Waals surface area contributed by atoms with E-state index in [1.807, 2.05) is 32.1 Å². The molecule has 0 atom stereocenters. The number of thiazole rings is 1. The zero-order chi connectivity index (χ0) is 17.1. The lowest BCUT2D eigenvalue weighted by molar-refractivity contribution is -0.113. The quantitative estimate of drug-likeness (QED) is 0.642. The van der Waals surface area contributed by atoms with Gasteiger partial charge in [0.2, 0.25) is 0 Å². The molecule has 1 saturated heterocycles. The maximum Gasteiger partial charge on any atom is 0.273 e. The second-order valence-corrected chi connectivity index (χ2v) is 6.72. The molecule has 0 aliphatic carbocycles.